The zero-order valence-corrected chi connectivity index (χ0v) is 12.8. The summed E-state index contributed by atoms with van der Waals surface area (Å²) in [6.07, 6.45) is 7.48. The van der Waals surface area contributed by atoms with Crippen LogP contribution in [-0.2, 0) is 12.8 Å². The van der Waals surface area contributed by atoms with Crippen molar-refractivity contribution in [1.29, 1.82) is 0 Å². The lowest BCUT2D eigenvalue weighted by atomic mass is 10.0. The van der Waals surface area contributed by atoms with Crippen molar-refractivity contribution in [1.82, 2.24) is 15.3 Å². The standard InChI is InChI=1S/C17H17N3S/c1-18-16(17-20-14-7-4-8-15(14)21-17)13-10-19-9-11-5-2-3-6-12(11)13/h2-3,5-6,9-10,16,18H,4,7-8H2,1H3. The predicted octanol–water partition coefficient (Wildman–Crippen LogP) is 3.49. The highest BCUT2D eigenvalue weighted by atomic mass is 32.1. The second kappa shape index (κ2) is 5.20. The summed E-state index contributed by atoms with van der Waals surface area (Å²) in [5.74, 6) is 0. The molecule has 2 aromatic heterocycles. The zero-order valence-electron chi connectivity index (χ0n) is 12.0. The topological polar surface area (TPSA) is 37.8 Å². The molecule has 0 radical (unpaired) electrons. The number of hydrogen-bond donors (Lipinski definition) is 1. The molecular formula is C17H17N3S. The molecule has 1 N–H and O–H groups in total. The first-order valence-corrected chi connectivity index (χ1v) is 8.17. The Kier molecular flexibility index (Phi) is 3.20. The first-order chi connectivity index (χ1) is 10.4. The molecule has 0 saturated heterocycles. The van der Waals surface area contributed by atoms with E-state index in [0.717, 1.165) is 6.42 Å². The van der Waals surface area contributed by atoms with Gasteiger partial charge in [-0.15, -0.1) is 11.3 Å². The van der Waals surface area contributed by atoms with Gasteiger partial charge in [-0.1, -0.05) is 24.3 Å². The number of benzene rings is 1. The van der Waals surface area contributed by atoms with Gasteiger partial charge in [0.1, 0.15) is 5.01 Å². The Labute approximate surface area is 128 Å². The van der Waals surface area contributed by atoms with Crippen LogP contribution in [0.3, 0.4) is 0 Å². The summed E-state index contributed by atoms with van der Waals surface area (Å²) in [6.45, 7) is 0. The van der Waals surface area contributed by atoms with E-state index in [1.54, 1.807) is 0 Å². The Bertz CT molecular complexity index is 767. The highest BCUT2D eigenvalue weighted by Crippen LogP contribution is 2.34. The van der Waals surface area contributed by atoms with E-state index in [0.29, 0.717) is 0 Å². The smallest absolute Gasteiger partial charge is 0.115 e. The maximum atomic E-state index is 4.87. The molecule has 0 fully saturated rings. The quantitative estimate of drug-likeness (QED) is 0.804. The second-order valence-corrected chi connectivity index (χ2v) is 6.56. The monoisotopic (exact) mass is 295 g/mol. The molecule has 3 nitrogen and oxygen atoms in total. The second-order valence-electron chi connectivity index (χ2n) is 5.45. The van der Waals surface area contributed by atoms with Crippen molar-refractivity contribution in [2.24, 2.45) is 0 Å². The summed E-state index contributed by atoms with van der Waals surface area (Å²) < 4.78 is 0. The van der Waals surface area contributed by atoms with Crippen LogP contribution in [-0.4, -0.2) is 17.0 Å². The fourth-order valence-electron chi connectivity index (χ4n) is 3.12. The van der Waals surface area contributed by atoms with Gasteiger partial charge in [-0.05, 0) is 31.7 Å². The summed E-state index contributed by atoms with van der Waals surface area (Å²) in [5.41, 5.74) is 2.52. The molecular weight excluding hydrogens is 278 g/mol. The number of hydrogen-bond acceptors (Lipinski definition) is 4. The van der Waals surface area contributed by atoms with Crippen molar-refractivity contribution < 1.29 is 0 Å². The number of rotatable bonds is 3. The molecule has 4 heteroatoms. The first kappa shape index (κ1) is 12.9. The van der Waals surface area contributed by atoms with E-state index in [1.807, 2.05) is 30.8 Å². The summed E-state index contributed by atoms with van der Waals surface area (Å²) in [6, 6.07) is 8.54. The first-order valence-electron chi connectivity index (χ1n) is 7.35. The SMILES string of the molecule is CNC(c1nc2c(s1)CCC2)c1cncc2ccccc12. The molecule has 2 heterocycles. The molecule has 0 amide bonds. The largest absolute Gasteiger partial charge is 0.307 e. The van der Waals surface area contributed by atoms with Crippen LogP contribution in [0.4, 0.5) is 0 Å². The molecule has 0 aliphatic heterocycles. The molecule has 1 aliphatic carbocycles. The van der Waals surface area contributed by atoms with Crippen LogP contribution in [0.25, 0.3) is 10.8 Å². The minimum absolute atomic E-state index is 0.124. The van der Waals surface area contributed by atoms with Gasteiger partial charge in [0.2, 0.25) is 0 Å². The van der Waals surface area contributed by atoms with E-state index in [2.05, 4.69) is 34.6 Å². The number of nitrogens with one attached hydrogen (secondary N) is 1. The van der Waals surface area contributed by atoms with Crippen LogP contribution in [0.5, 0.6) is 0 Å². The summed E-state index contributed by atoms with van der Waals surface area (Å²) in [5, 5.41) is 7.02. The number of pyridine rings is 1. The molecule has 3 aromatic rings. The van der Waals surface area contributed by atoms with Gasteiger partial charge in [-0.3, -0.25) is 4.98 Å². The zero-order chi connectivity index (χ0) is 14.2. The minimum atomic E-state index is 0.124. The highest BCUT2D eigenvalue weighted by Gasteiger charge is 2.23. The highest BCUT2D eigenvalue weighted by molar-refractivity contribution is 7.11. The maximum absolute atomic E-state index is 4.87. The van der Waals surface area contributed by atoms with Crippen LogP contribution in [0.2, 0.25) is 0 Å². The molecule has 0 bridgehead atoms. The average Bonchev–Trinajstić information content (AvgIpc) is 3.10. The predicted molar refractivity (Wildman–Crippen MR) is 86.8 cm³/mol. The van der Waals surface area contributed by atoms with Gasteiger partial charge in [0.25, 0.3) is 0 Å². The van der Waals surface area contributed by atoms with Crippen molar-refractivity contribution in [2.45, 2.75) is 25.3 Å². The normalized spacial score (nSPS) is 15.3. The molecule has 1 unspecified atom stereocenters. The summed E-state index contributed by atoms with van der Waals surface area (Å²) >= 11 is 1.86. The van der Waals surface area contributed by atoms with Gasteiger partial charge in [0.15, 0.2) is 0 Å². The third kappa shape index (κ3) is 2.15. The van der Waals surface area contributed by atoms with E-state index < -0.39 is 0 Å². The lowest BCUT2D eigenvalue weighted by molar-refractivity contribution is 0.685. The molecule has 0 saturated carbocycles. The third-order valence-electron chi connectivity index (χ3n) is 4.16. The Hall–Kier alpha value is -1.78. The molecule has 21 heavy (non-hydrogen) atoms. The summed E-state index contributed by atoms with van der Waals surface area (Å²) in [4.78, 5) is 10.8. The maximum Gasteiger partial charge on any atom is 0.115 e. The lowest BCUT2D eigenvalue weighted by Crippen LogP contribution is -2.18. The Morgan fingerprint density at radius 3 is 2.95 bits per heavy atom. The lowest BCUT2D eigenvalue weighted by Gasteiger charge is -2.16. The van der Waals surface area contributed by atoms with E-state index in [-0.39, 0.29) is 6.04 Å². The molecule has 4 rings (SSSR count). The van der Waals surface area contributed by atoms with Crippen LogP contribution in [0.1, 0.15) is 33.6 Å². The molecule has 106 valence electrons. The fourth-order valence-corrected chi connectivity index (χ4v) is 4.40. The average molecular weight is 295 g/mol. The molecule has 1 aromatic carbocycles. The van der Waals surface area contributed by atoms with Gasteiger partial charge in [-0.25, -0.2) is 4.98 Å². The van der Waals surface area contributed by atoms with Gasteiger partial charge in [-0.2, -0.15) is 0 Å². The number of aryl methyl sites for hydroxylation is 2. The number of aromatic nitrogens is 2. The third-order valence-corrected chi connectivity index (χ3v) is 5.38. The van der Waals surface area contributed by atoms with Crippen LogP contribution < -0.4 is 5.32 Å². The Morgan fingerprint density at radius 1 is 1.19 bits per heavy atom. The van der Waals surface area contributed by atoms with Crippen molar-refractivity contribution in [3.8, 4) is 0 Å². The van der Waals surface area contributed by atoms with Gasteiger partial charge < -0.3 is 5.32 Å². The number of fused-ring (bicyclic) bond motifs is 2. The van der Waals surface area contributed by atoms with Crippen molar-refractivity contribution in [3.05, 3.63) is 57.8 Å². The summed E-state index contributed by atoms with van der Waals surface area (Å²) in [7, 11) is 2.00. The fraction of sp³-hybridized carbons (Fsp3) is 0.294. The van der Waals surface area contributed by atoms with Gasteiger partial charge >= 0.3 is 0 Å². The molecule has 1 atom stereocenters. The van der Waals surface area contributed by atoms with E-state index >= 15 is 0 Å². The number of thiazole rings is 1. The van der Waals surface area contributed by atoms with E-state index in [9.17, 15) is 0 Å². The van der Waals surface area contributed by atoms with Gasteiger partial charge in [0.05, 0.1) is 11.7 Å². The molecule has 1 aliphatic rings. The van der Waals surface area contributed by atoms with Gasteiger partial charge in [0, 0.05) is 28.2 Å². The van der Waals surface area contributed by atoms with Crippen molar-refractivity contribution >= 4 is 22.1 Å². The number of nitrogens with zero attached hydrogens (tertiary/aromatic N) is 2. The van der Waals surface area contributed by atoms with Crippen molar-refractivity contribution in [2.75, 3.05) is 7.05 Å². The minimum Gasteiger partial charge on any atom is -0.307 e. The van der Waals surface area contributed by atoms with E-state index in [4.69, 9.17) is 4.98 Å². The Morgan fingerprint density at radius 2 is 2.10 bits per heavy atom. The van der Waals surface area contributed by atoms with Crippen LogP contribution in [0, 0.1) is 0 Å². The van der Waals surface area contributed by atoms with Crippen molar-refractivity contribution in [3.63, 3.8) is 0 Å². The molecule has 0 spiro atoms. The van der Waals surface area contributed by atoms with Crippen LogP contribution in [0.15, 0.2) is 36.7 Å². The Balaban J connectivity index is 1.84. The van der Waals surface area contributed by atoms with Crippen LogP contribution >= 0.6 is 11.3 Å². The van der Waals surface area contributed by atoms with E-state index in [1.165, 1.54) is 44.8 Å².